The van der Waals surface area contributed by atoms with Crippen LogP contribution >= 0.6 is 0 Å². The topological polar surface area (TPSA) is 119 Å². The van der Waals surface area contributed by atoms with Crippen LogP contribution in [0, 0.1) is 5.82 Å². The first kappa shape index (κ1) is 23.9. The molecule has 35 heavy (non-hydrogen) atoms. The number of halogens is 1. The number of sulfonamides is 1. The highest BCUT2D eigenvalue weighted by atomic mass is 32.2. The summed E-state index contributed by atoms with van der Waals surface area (Å²) in [5, 5.41) is 3.14. The first-order chi connectivity index (χ1) is 16.8. The zero-order valence-electron chi connectivity index (χ0n) is 18.6. The Balaban J connectivity index is 1.47. The van der Waals surface area contributed by atoms with Crippen molar-refractivity contribution >= 4 is 38.2 Å². The summed E-state index contributed by atoms with van der Waals surface area (Å²) >= 11 is 0. The van der Waals surface area contributed by atoms with Crippen molar-refractivity contribution in [3.05, 3.63) is 89.2 Å². The van der Waals surface area contributed by atoms with Crippen LogP contribution in [0.25, 0.3) is 10.9 Å². The van der Waals surface area contributed by atoms with E-state index in [9.17, 15) is 22.4 Å². The standard InChI is InChI=1S/C24H21FN4O5S/c1-34-22-11-8-17(14-21(22)28-35(32,33)18-9-6-16(25)7-10-18)27-23(30)12-13-29-15-26-20-5-3-2-4-19(20)24(29)31/h2-11,14-15,28H,12-13H2,1H3,(H,27,30). The van der Waals surface area contributed by atoms with Gasteiger partial charge in [0.05, 0.1) is 34.9 Å². The van der Waals surface area contributed by atoms with Crippen LogP contribution in [-0.4, -0.2) is 31.0 Å². The number of fused-ring (bicyclic) bond motifs is 1. The molecule has 0 radical (unpaired) electrons. The number of rotatable bonds is 8. The second kappa shape index (κ2) is 9.94. The maximum absolute atomic E-state index is 13.2. The first-order valence-corrected chi connectivity index (χ1v) is 12.0. The number of nitrogens with one attached hydrogen (secondary N) is 2. The molecule has 0 saturated heterocycles. The minimum Gasteiger partial charge on any atom is -0.495 e. The number of aromatic nitrogens is 2. The number of aryl methyl sites for hydroxylation is 1. The van der Waals surface area contributed by atoms with E-state index < -0.39 is 15.8 Å². The molecule has 4 rings (SSSR count). The summed E-state index contributed by atoms with van der Waals surface area (Å²) < 4.78 is 47.5. The van der Waals surface area contributed by atoms with Gasteiger partial charge in [0.1, 0.15) is 11.6 Å². The highest BCUT2D eigenvalue weighted by Crippen LogP contribution is 2.30. The highest BCUT2D eigenvalue weighted by Gasteiger charge is 2.17. The molecule has 0 unspecified atom stereocenters. The van der Waals surface area contributed by atoms with Crippen LogP contribution in [-0.2, 0) is 21.4 Å². The van der Waals surface area contributed by atoms with Crippen molar-refractivity contribution in [1.82, 2.24) is 9.55 Å². The fourth-order valence-corrected chi connectivity index (χ4v) is 4.46. The number of methoxy groups -OCH3 is 1. The third-order valence-electron chi connectivity index (χ3n) is 5.16. The van der Waals surface area contributed by atoms with Crippen LogP contribution in [0.15, 0.2) is 82.7 Å². The number of para-hydroxylation sites is 1. The molecule has 11 heteroatoms. The zero-order valence-corrected chi connectivity index (χ0v) is 19.4. The molecule has 0 bridgehead atoms. The van der Waals surface area contributed by atoms with E-state index in [1.165, 1.54) is 30.1 Å². The van der Waals surface area contributed by atoms with Gasteiger partial charge in [0.15, 0.2) is 0 Å². The lowest BCUT2D eigenvalue weighted by Crippen LogP contribution is -2.23. The monoisotopic (exact) mass is 496 g/mol. The molecule has 1 aromatic heterocycles. The Morgan fingerprint density at radius 3 is 2.57 bits per heavy atom. The summed E-state index contributed by atoms with van der Waals surface area (Å²) in [5.41, 5.74) is 0.735. The molecule has 0 saturated carbocycles. The Morgan fingerprint density at radius 1 is 1.09 bits per heavy atom. The largest absolute Gasteiger partial charge is 0.495 e. The van der Waals surface area contributed by atoms with Gasteiger partial charge in [-0.1, -0.05) is 12.1 Å². The van der Waals surface area contributed by atoms with Crippen LogP contribution in [0.3, 0.4) is 0 Å². The Bertz CT molecular complexity index is 1550. The van der Waals surface area contributed by atoms with Gasteiger partial charge in [-0.2, -0.15) is 0 Å². The van der Waals surface area contributed by atoms with E-state index in [1.54, 1.807) is 30.3 Å². The molecule has 2 N–H and O–H groups in total. The smallest absolute Gasteiger partial charge is 0.262 e. The quantitative estimate of drug-likeness (QED) is 0.386. The Labute approximate surface area is 200 Å². The van der Waals surface area contributed by atoms with Crippen molar-refractivity contribution in [2.75, 3.05) is 17.1 Å². The number of amides is 1. The first-order valence-electron chi connectivity index (χ1n) is 10.5. The maximum atomic E-state index is 13.2. The van der Waals surface area contributed by atoms with Crippen LogP contribution in [0.1, 0.15) is 6.42 Å². The molecule has 0 atom stereocenters. The number of nitrogens with zero attached hydrogens (tertiary/aromatic N) is 2. The summed E-state index contributed by atoms with van der Waals surface area (Å²) in [6.07, 6.45) is 1.39. The molecule has 180 valence electrons. The molecule has 0 aliphatic heterocycles. The zero-order chi connectivity index (χ0) is 25.0. The van der Waals surface area contributed by atoms with E-state index >= 15 is 0 Å². The minimum absolute atomic E-state index is 0.0113. The van der Waals surface area contributed by atoms with Crippen molar-refractivity contribution in [2.45, 2.75) is 17.9 Å². The van der Waals surface area contributed by atoms with Gasteiger partial charge in [0.25, 0.3) is 15.6 Å². The third-order valence-corrected chi connectivity index (χ3v) is 6.54. The van der Waals surface area contributed by atoms with Gasteiger partial charge in [-0.05, 0) is 54.6 Å². The number of anilines is 2. The van der Waals surface area contributed by atoms with Gasteiger partial charge in [0.2, 0.25) is 5.91 Å². The van der Waals surface area contributed by atoms with E-state index in [-0.39, 0.29) is 40.8 Å². The summed E-state index contributed by atoms with van der Waals surface area (Å²) in [6, 6.07) is 15.7. The lowest BCUT2D eigenvalue weighted by atomic mass is 10.2. The summed E-state index contributed by atoms with van der Waals surface area (Å²) in [6.45, 7) is 0.114. The van der Waals surface area contributed by atoms with Crippen LogP contribution < -0.4 is 20.3 Å². The van der Waals surface area contributed by atoms with Crippen molar-refractivity contribution in [3.8, 4) is 5.75 Å². The lowest BCUT2D eigenvalue weighted by Gasteiger charge is -2.14. The van der Waals surface area contributed by atoms with Crippen LogP contribution in [0.2, 0.25) is 0 Å². The molecule has 9 nitrogen and oxygen atoms in total. The van der Waals surface area contributed by atoms with Crippen LogP contribution in [0.4, 0.5) is 15.8 Å². The molecule has 3 aromatic carbocycles. The van der Waals surface area contributed by atoms with Gasteiger partial charge in [-0.25, -0.2) is 17.8 Å². The van der Waals surface area contributed by atoms with Crippen molar-refractivity contribution < 1.29 is 22.3 Å². The summed E-state index contributed by atoms with van der Waals surface area (Å²) in [5.74, 6) is -0.724. The molecular weight excluding hydrogens is 475 g/mol. The molecule has 1 amide bonds. The molecular formula is C24H21FN4O5S. The number of carbonyl (C=O) groups is 1. The summed E-state index contributed by atoms with van der Waals surface area (Å²) in [7, 11) is -2.66. The van der Waals surface area contributed by atoms with Gasteiger partial charge < -0.3 is 10.1 Å². The summed E-state index contributed by atoms with van der Waals surface area (Å²) in [4.78, 5) is 29.2. The number of ether oxygens (including phenoxy) is 1. The van der Waals surface area contributed by atoms with E-state index in [0.29, 0.717) is 16.6 Å². The molecule has 1 heterocycles. The minimum atomic E-state index is -4.03. The number of hydrogen-bond donors (Lipinski definition) is 2. The van der Waals surface area contributed by atoms with Gasteiger partial charge >= 0.3 is 0 Å². The van der Waals surface area contributed by atoms with E-state index in [1.807, 2.05) is 0 Å². The van der Waals surface area contributed by atoms with Crippen molar-refractivity contribution in [1.29, 1.82) is 0 Å². The predicted molar refractivity (Wildman–Crippen MR) is 129 cm³/mol. The fourth-order valence-electron chi connectivity index (χ4n) is 3.39. The van der Waals surface area contributed by atoms with E-state index in [2.05, 4.69) is 15.0 Å². The molecule has 0 fully saturated rings. The lowest BCUT2D eigenvalue weighted by molar-refractivity contribution is -0.116. The predicted octanol–water partition coefficient (Wildman–Crippen LogP) is 3.37. The molecule has 0 spiro atoms. The Morgan fingerprint density at radius 2 is 1.83 bits per heavy atom. The fraction of sp³-hybridized carbons (Fsp3) is 0.125. The van der Waals surface area contributed by atoms with Crippen molar-refractivity contribution in [2.24, 2.45) is 0 Å². The van der Waals surface area contributed by atoms with Crippen LogP contribution in [0.5, 0.6) is 5.75 Å². The average Bonchev–Trinajstić information content (AvgIpc) is 2.84. The number of hydrogen-bond acceptors (Lipinski definition) is 6. The average molecular weight is 497 g/mol. The Kier molecular flexibility index (Phi) is 6.78. The van der Waals surface area contributed by atoms with Gasteiger partial charge in [0, 0.05) is 18.7 Å². The SMILES string of the molecule is COc1ccc(NC(=O)CCn2cnc3ccccc3c2=O)cc1NS(=O)(=O)c1ccc(F)cc1. The van der Waals surface area contributed by atoms with E-state index in [4.69, 9.17) is 4.74 Å². The normalized spacial score (nSPS) is 11.3. The maximum Gasteiger partial charge on any atom is 0.262 e. The number of carbonyl (C=O) groups excluding carboxylic acids is 1. The third kappa shape index (κ3) is 5.46. The van der Waals surface area contributed by atoms with Gasteiger partial charge in [-0.15, -0.1) is 0 Å². The molecule has 0 aliphatic carbocycles. The Hall–Kier alpha value is -4.25. The van der Waals surface area contributed by atoms with Gasteiger partial charge in [-0.3, -0.25) is 18.9 Å². The van der Waals surface area contributed by atoms with Crippen molar-refractivity contribution in [3.63, 3.8) is 0 Å². The molecule has 0 aliphatic rings. The second-order valence-electron chi connectivity index (χ2n) is 7.53. The second-order valence-corrected chi connectivity index (χ2v) is 9.22. The van der Waals surface area contributed by atoms with E-state index in [0.717, 1.165) is 24.3 Å². The highest BCUT2D eigenvalue weighted by molar-refractivity contribution is 7.92. The molecule has 4 aromatic rings. The number of benzene rings is 3.